The molecule has 2 aliphatic heterocycles. The minimum absolute atomic E-state index is 0.0504. The number of carbonyl (C=O) groups is 8. The third-order valence-corrected chi connectivity index (χ3v) is 19.8. The van der Waals surface area contributed by atoms with Gasteiger partial charge in [0.1, 0.15) is 11.8 Å². The van der Waals surface area contributed by atoms with E-state index in [2.05, 4.69) is 0 Å². The summed E-state index contributed by atoms with van der Waals surface area (Å²) in [6.45, 7) is 30.3. The molecule has 8 aromatic rings. The van der Waals surface area contributed by atoms with Crippen LogP contribution in [-0.2, 0) is 6.42 Å². The van der Waals surface area contributed by atoms with Gasteiger partial charge in [-0.25, -0.2) is 9.80 Å². The van der Waals surface area contributed by atoms with Crippen LogP contribution in [0.3, 0.4) is 0 Å². The smallest absolute Gasteiger partial charge is 0.266 e. The molecule has 0 saturated heterocycles. The van der Waals surface area contributed by atoms with Gasteiger partial charge in [-0.05, 0) is 247 Å². The number of pyridine rings is 2. The third-order valence-electron chi connectivity index (χ3n) is 19.8. The van der Waals surface area contributed by atoms with E-state index in [1.54, 1.807) is 48.5 Å². The Kier molecular flexibility index (Phi) is 11.6. The number of hydrogen-bond donors (Lipinski definition) is 0. The van der Waals surface area contributed by atoms with Crippen molar-refractivity contribution in [1.82, 2.24) is 9.97 Å². The molecule has 0 fully saturated rings. The Labute approximate surface area is 469 Å². The Hall–Kier alpha value is -8.90. The van der Waals surface area contributed by atoms with Gasteiger partial charge in [0.2, 0.25) is 0 Å². The largest absolute Gasteiger partial charge is 0.293 e. The molecule has 2 aliphatic carbocycles. The van der Waals surface area contributed by atoms with E-state index in [1.165, 1.54) is 9.80 Å². The molecule has 4 amide bonds. The minimum atomic E-state index is -1.21. The van der Waals surface area contributed by atoms with Gasteiger partial charge in [-0.1, -0.05) is 12.1 Å². The predicted molar refractivity (Wildman–Crippen MR) is 313 cm³/mol. The van der Waals surface area contributed by atoms with E-state index in [0.717, 1.165) is 66.8 Å². The Bertz CT molecular complexity index is 4040. The fourth-order valence-electron chi connectivity index (χ4n) is 13.8. The molecule has 81 heavy (non-hydrogen) atoms. The first-order chi connectivity index (χ1) is 38.2. The first-order valence-electron chi connectivity index (χ1n) is 27.5. The van der Waals surface area contributed by atoms with Crippen LogP contribution in [0.25, 0.3) is 21.8 Å². The highest BCUT2D eigenvalue weighted by molar-refractivity contribution is 6.39. The zero-order valence-corrected chi connectivity index (χ0v) is 48.5. The summed E-state index contributed by atoms with van der Waals surface area (Å²) in [4.78, 5) is 131. The standard InChI is InChI=1S/C69H60N4O8/c1-26-27(2)35(10)51-50(34(26)9)62(74)58(63(51)75)48-23-19-44-46(70-48)21-17-42(60(44)72-66(78)54-38(13)30(5)31(6)39(14)55(54)67(72)79)25-43-18-22-47-45(61(43)73-68(80)56-40(15)32(7)33(8)41(16)57(56)69(73)81)20-24-49(71-47)59-64(76)52-36(11)28(3)29(4)37(12)53(52)65(59)77/h17-24,58-59H,25H2,1-16H3. The molecule has 0 spiro atoms. The molecule has 2 aromatic heterocycles. The van der Waals surface area contributed by atoms with Crippen LogP contribution in [0.1, 0.15) is 206 Å². The van der Waals surface area contributed by atoms with Crippen LogP contribution in [0.15, 0.2) is 48.5 Å². The van der Waals surface area contributed by atoms with E-state index in [-0.39, 0.29) is 74.6 Å². The van der Waals surface area contributed by atoms with E-state index < -0.39 is 35.5 Å². The molecule has 0 radical (unpaired) electrons. The molecule has 0 saturated carbocycles. The lowest BCUT2D eigenvalue weighted by Gasteiger charge is -2.24. The normalized spacial score (nSPS) is 15.3. The number of amides is 4. The van der Waals surface area contributed by atoms with Crippen molar-refractivity contribution in [3.63, 3.8) is 0 Å². The molecule has 404 valence electrons. The molecule has 0 N–H and O–H groups in total. The van der Waals surface area contributed by atoms with Crippen LogP contribution in [0, 0.1) is 111 Å². The lowest BCUT2D eigenvalue weighted by molar-refractivity contribution is 0.0871. The molecule has 4 aliphatic rings. The van der Waals surface area contributed by atoms with Gasteiger partial charge in [-0.15, -0.1) is 0 Å². The maximum atomic E-state index is 15.3. The Morgan fingerprint density at radius 1 is 0.296 bits per heavy atom. The maximum absolute atomic E-state index is 15.3. The molecule has 0 bridgehead atoms. The Morgan fingerprint density at radius 2 is 0.531 bits per heavy atom. The topological polar surface area (TPSA) is 169 Å². The van der Waals surface area contributed by atoms with Crippen LogP contribution < -0.4 is 9.80 Å². The number of anilines is 2. The molecular weight excluding hydrogens is 1010 g/mol. The highest BCUT2D eigenvalue weighted by Crippen LogP contribution is 2.47. The van der Waals surface area contributed by atoms with E-state index >= 15 is 19.2 Å². The van der Waals surface area contributed by atoms with Gasteiger partial charge in [-0.2, -0.15) is 0 Å². The Balaban J connectivity index is 1.06. The number of nitrogens with zero attached hydrogens (tertiary/aromatic N) is 4. The number of aromatic nitrogens is 2. The fraction of sp³-hybridized carbons (Fsp3) is 0.275. The van der Waals surface area contributed by atoms with E-state index in [1.807, 2.05) is 111 Å². The fourth-order valence-corrected chi connectivity index (χ4v) is 13.8. The lowest BCUT2D eigenvalue weighted by Crippen LogP contribution is -2.32. The Morgan fingerprint density at radius 3 is 0.778 bits per heavy atom. The van der Waals surface area contributed by atoms with Gasteiger partial charge in [-0.3, -0.25) is 48.3 Å². The van der Waals surface area contributed by atoms with Crippen molar-refractivity contribution in [2.24, 2.45) is 0 Å². The summed E-state index contributed by atoms with van der Waals surface area (Å²) in [5.74, 6) is -5.91. The second-order valence-electron chi connectivity index (χ2n) is 23.1. The van der Waals surface area contributed by atoms with Crippen molar-refractivity contribution in [2.75, 3.05) is 9.80 Å². The zero-order chi connectivity index (χ0) is 58.3. The van der Waals surface area contributed by atoms with Gasteiger partial charge in [0.05, 0.1) is 56.0 Å². The van der Waals surface area contributed by atoms with Crippen LogP contribution >= 0.6 is 0 Å². The monoisotopic (exact) mass is 1070 g/mol. The number of carbonyl (C=O) groups excluding carboxylic acids is 8. The molecule has 12 nitrogen and oxygen atoms in total. The SMILES string of the molecule is Cc1c(C)c(C)c2c(c1C)C(=O)C(c1ccc3c(N4C(=O)c5c(C)c(C)c(C)c(C)c5C4=O)c(Cc4ccc5nc(C6C(=O)c7c(C)c(C)c(C)c(C)c7C6=O)ccc5c4N4C(=O)c5c(C)c(C)c(C)c(C)c5C4=O)ccc3n1)C2=O. The number of benzene rings is 6. The molecule has 0 unspecified atom stereocenters. The maximum Gasteiger partial charge on any atom is 0.266 e. The first kappa shape index (κ1) is 52.8. The summed E-state index contributed by atoms with van der Waals surface area (Å²) in [6.07, 6.45) is -0.0504. The number of ketones is 4. The molecule has 12 rings (SSSR count). The van der Waals surface area contributed by atoms with Gasteiger partial charge in [0, 0.05) is 39.4 Å². The average Bonchev–Trinajstić information content (AvgIpc) is 4.22. The zero-order valence-electron chi connectivity index (χ0n) is 48.5. The van der Waals surface area contributed by atoms with Crippen LogP contribution in [0.2, 0.25) is 0 Å². The van der Waals surface area contributed by atoms with Gasteiger partial charge >= 0.3 is 0 Å². The van der Waals surface area contributed by atoms with Gasteiger partial charge in [0.15, 0.2) is 23.1 Å². The highest BCUT2D eigenvalue weighted by Gasteiger charge is 2.48. The van der Waals surface area contributed by atoms with Crippen molar-refractivity contribution in [2.45, 2.75) is 129 Å². The van der Waals surface area contributed by atoms with Crippen molar-refractivity contribution >= 4 is 79.9 Å². The number of rotatable bonds is 6. The average molecular weight is 1070 g/mol. The highest BCUT2D eigenvalue weighted by atomic mass is 16.2. The van der Waals surface area contributed by atoms with Crippen molar-refractivity contribution in [1.29, 1.82) is 0 Å². The summed E-state index contributed by atoms with van der Waals surface area (Å²) in [5.41, 5.74) is 18.3. The predicted octanol–water partition coefficient (Wildman–Crippen LogP) is 13.2. The van der Waals surface area contributed by atoms with E-state index in [0.29, 0.717) is 77.4 Å². The van der Waals surface area contributed by atoms with E-state index in [9.17, 15) is 19.2 Å². The molecular formula is C69H60N4O8. The summed E-state index contributed by atoms with van der Waals surface area (Å²) in [7, 11) is 0. The summed E-state index contributed by atoms with van der Waals surface area (Å²) < 4.78 is 0. The second-order valence-corrected chi connectivity index (χ2v) is 23.1. The summed E-state index contributed by atoms with van der Waals surface area (Å²) >= 11 is 0. The third kappa shape index (κ3) is 6.82. The van der Waals surface area contributed by atoms with Crippen LogP contribution in [0.5, 0.6) is 0 Å². The molecule has 0 atom stereocenters. The number of hydrogen-bond acceptors (Lipinski definition) is 10. The summed E-state index contributed by atoms with van der Waals surface area (Å²) in [5, 5.41) is 0.775. The van der Waals surface area contributed by atoms with Crippen molar-refractivity contribution < 1.29 is 38.4 Å². The second kappa shape index (κ2) is 17.8. The minimum Gasteiger partial charge on any atom is -0.293 e. The van der Waals surface area contributed by atoms with Gasteiger partial charge in [0.25, 0.3) is 23.6 Å². The van der Waals surface area contributed by atoms with Crippen LogP contribution in [-0.4, -0.2) is 56.7 Å². The molecule has 6 aromatic carbocycles. The number of imide groups is 2. The quantitative estimate of drug-likeness (QED) is 0.115. The van der Waals surface area contributed by atoms with Crippen LogP contribution in [0.4, 0.5) is 11.4 Å². The van der Waals surface area contributed by atoms with Gasteiger partial charge < -0.3 is 0 Å². The lowest BCUT2D eigenvalue weighted by atomic mass is 9.90. The van der Waals surface area contributed by atoms with E-state index in [4.69, 9.17) is 9.97 Å². The van der Waals surface area contributed by atoms with Crippen molar-refractivity contribution in [3.8, 4) is 0 Å². The summed E-state index contributed by atoms with van der Waals surface area (Å²) in [6, 6.07) is 13.6. The molecule has 12 heteroatoms. The van der Waals surface area contributed by atoms with Crippen molar-refractivity contribution in [3.05, 3.63) is 205 Å². The first-order valence-corrected chi connectivity index (χ1v) is 27.5. The number of Topliss-reactive ketones (excluding diaryl/α,β-unsaturated/α-hetero) is 4. The number of fused-ring (bicyclic) bond motifs is 6. The molecule has 4 heterocycles.